The Balaban J connectivity index is 1.46. The molecular weight excluding hydrogens is 400 g/mol. The number of aromatic nitrogens is 2. The second-order valence-electron chi connectivity index (χ2n) is 7.72. The van der Waals surface area contributed by atoms with Gasteiger partial charge in [0.05, 0.1) is 11.8 Å². The molecule has 0 aliphatic heterocycles. The quantitative estimate of drug-likeness (QED) is 0.412. The molecule has 0 fully saturated rings. The van der Waals surface area contributed by atoms with Crippen molar-refractivity contribution < 1.29 is 9.59 Å². The maximum atomic E-state index is 12.5. The Labute approximate surface area is 186 Å². The molecule has 1 heterocycles. The Morgan fingerprint density at radius 3 is 2.44 bits per heavy atom. The van der Waals surface area contributed by atoms with Gasteiger partial charge in [-0.3, -0.25) is 14.7 Å². The second-order valence-corrected chi connectivity index (χ2v) is 7.72. The number of hydrogen-bond acceptors (Lipinski definition) is 3. The van der Waals surface area contributed by atoms with Crippen molar-refractivity contribution in [3.8, 4) is 11.1 Å². The van der Waals surface area contributed by atoms with Gasteiger partial charge in [-0.2, -0.15) is 5.10 Å². The fraction of sp³-hybridized carbons (Fsp3) is 0.115. The van der Waals surface area contributed by atoms with Crippen molar-refractivity contribution in [3.05, 3.63) is 107 Å². The lowest BCUT2D eigenvalue weighted by Crippen LogP contribution is -2.22. The molecule has 6 nitrogen and oxygen atoms in total. The normalized spacial score (nSPS) is 10.6. The largest absolute Gasteiger partial charge is 0.348 e. The predicted octanol–water partition coefficient (Wildman–Crippen LogP) is 4.88. The topological polar surface area (TPSA) is 86.9 Å². The van der Waals surface area contributed by atoms with Crippen LogP contribution in [0.4, 0.5) is 5.69 Å². The van der Waals surface area contributed by atoms with Gasteiger partial charge in [0.25, 0.3) is 11.8 Å². The maximum absolute atomic E-state index is 12.5. The first-order chi connectivity index (χ1) is 15.5. The smallest absolute Gasteiger partial charge is 0.258 e. The molecule has 160 valence electrons. The summed E-state index contributed by atoms with van der Waals surface area (Å²) in [5.74, 6) is -0.343. The number of hydrogen-bond donors (Lipinski definition) is 3. The summed E-state index contributed by atoms with van der Waals surface area (Å²) < 4.78 is 0. The maximum Gasteiger partial charge on any atom is 0.258 e. The Bertz CT molecular complexity index is 1250. The number of rotatable bonds is 6. The van der Waals surface area contributed by atoms with E-state index in [1.54, 1.807) is 6.20 Å². The summed E-state index contributed by atoms with van der Waals surface area (Å²) in [6, 6.07) is 21.3. The standard InChI is InChI=1S/C26H24N4O2/c1-17-4-3-5-19(12-17)14-27-25(31)21-9-7-20(8-10-21)24-13-23(11-6-18(24)2)30-26(32)22-15-28-29-16-22/h3-13,15-16H,14H2,1-2H3,(H,27,31)(H,28,29)(H,30,32). The summed E-state index contributed by atoms with van der Waals surface area (Å²) in [7, 11) is 0. The first-order valence-electron chi connectivity index (χ1n) is 10.3. The Hall–Kier alpha value is -4.19. The number of anilines is 1. The van der Waals surface area contributed by atoms with Crippen LogP contribution in [0.1, 0.15) is 37.4 Å². The molecule has 2 amide bonds. The van der Waals surface area contributed by atoms with E-state index in [0.29, 0.717) is 23.4 Å². The molecule has 0 aliphatic rings. The molecule has 3 N–H and O–H groups in total. The van der Waals surface area contributed by atoms with E-state index in [1.165, 1.54) is 11.8 Å². The number of carbonyl (C=O) groups is 2. The Morgan fingerprint density at radius 1 is 0.906 bits per heavy atom. The highest BCUT2D eigenvalue weighted by Crippen LogP contribution is 2.27. The van der Waals surface area contributed by atoms with Crippen LogP contribution in [0.15, 0.2) is 79.1 Å². The van der Waals surface area contributed by atoms with Gasteiger partial charge in [-0.05, 0) is 60.4 Å². The van der Waals surface area contributed by atoms with E-state index < -0.39 is 0 Å². The zero-order valence-electron chi connectivity index (χ0n) is 18.0. The molecule has 0 saturated carbocycles. The van der Waals surface area contributed by atoms with Crippen LogP contribution in [0, 0.1) is 13.8 Å². The highest BCUT2D eigenvalue weighted by molar-refractivity contribution is 6.04. The number of carbonyl (C=O) groups excluding carboxylic acids is 2. The fourth-order valence-electron chi connectivity index (χ4n) is 3.50. The van der Waals surface area contributed by atoms with Crippen molar-refractivity contribution >= 4 is 17.5 Å². The van der Waals surface area contributed by atoms with Crippen LogP contribution in [0.5, 0.6) is 0 Å². The van der Waals surface area contributed by atoms with Crippen molar-refractivity contribution in [2.24, 2.45) is 0 Å². The SMILES string of the molecule is Cc1cccc(CNC(=O)c2ccc(-c3cc(NC(=O)c4cn[nH]c4)ccc3C)cc2)c1. The van der Waals surface area contributed by atoms with E-state index >= 15 is 0 Å². The second kappa shape index (κ2) is 9.31. The van der Waals surface area contributed by atoms with Gasteiger partial charge in [-0.15, -0.1) is 0 Å². The highest BCUT2D eigenvalue weighted by Gasteiger charge is 2.11. The van der Waals surface area contributed by atoms with Crippen LogP contribution in [0.3, 0.4) is 0 Å². The summed E-state index contributed by atoms with van der Waals surface area (Å²) in [4.78, 5) is 24.8. The van der Waals surface area contributed by atoms with E-state index in [4.69, 9.17) is 0 Å². The molecule has 0 aliphatic carbocycles. The first-order valence-corrected chi connectivity index (χ1v) is 10.3. The Kier molecular flexibility index (Phi) is 6.12. The molecular formula is C26H24N4O2. The average molecular weight is 425 g/mol. The predicted molar refractivity (Wildman–Crippen MR) is 126 cm³/mol. The molecule has 0 bridgehead atoms. The number of aromatic amines is 1. The minimum absolute atomic E-state index is 0.115. The van der Waals surface area contributed by atoms with Gasteiger partial charge in [0.15, 0.2) is 0 Å². The lowest BCUT2D eigenvalue weighted by Gasteiger charge is -2.11. The van der Waals surface area contributed by atoms with Crippen molar-refractivity contribution in [2.45, 2.75) is 20.4 Å². The number of benzene rings is 3. The number of aryl methyl sites for hydroxylation is 2. The van der Waals surface area contributed by atoms with Crippen LogP contribution in [0.2, 0.25) is 0 Å². The Morgan fingerprint density at radius 2 is 1.72 bits per heavy atom. The molecule has 0 atom stereocenters. The van der Waals surface area contributed by atoms with Crippen molar-refractivity contribution in [2.75, 3.05) is 5.32 Å². The third kappa shape index (κ3) is 4.92. The van der Waals surface area contributed by atoms with Crippen molar-refractivity contribution in [1.29, 1.82) is 0 Å². The molecule has 4 aromatic rings. The van der Waals surface area contributed by atoms with E-state index in [2.05, 4.69) is 26.9 Å². The highest BCUT2D eigenvalue weighted by atomic mass is 16.2. The summed E-state index contributed by atoms with van der Waals surface area (Å²) in [6.07, 6.45) is 3.03. The summed E-state index contributed by atoms with van der Waals surface area (Å²) >= 11 is 0. The van der Waals surface area contributed by atoms with Gasteiger partial charge in [0.2, 0.25) is 0 Å². The number of nitrogens with zero attached hydrogens (tertiary/aromatic N) is 1. The zero-order chi connectivity index (χ0) is 22.5. The van der Waals surface area contributed by atoms with Gasteiger partial charge in [-0.25, -0.2) is 0 Å². The number of H-pyrrole nitrogens is 1. The van der Waals surface area contributed by atoms with Crippen molar-refractivity contribution in [1.82, 2.24) is 15.5 Å². The average Bonchev–Trinajstić information content (AvgIpc) is 3.34. The van der Waals surface area contributed by atoms with Crippen LogP contribution < -0.4 is 10.6 Å². The van der Waals surface area contributed by atoms with Crippen LogP contribution in [-0.2, 0) is 6.54 Å². The van der Waals surface area contributed by atoms with Gasteiger partial charge < -0.3 is 10.6 Å². The molecule has 0 saturated heterocycles. The first kappa shape index (κ1) is 21.1. The van der Waals surface area contributed by atoms with Gasteiger partial charge in [0.1, 0.15) is 0 Å². The molecule has 3 aromatic carbocycles. The fourth-order valence-corrected chi connectivity index (χ4v) is 3.50. The van der Waals surface area contributed by atoms with E-state index in [1.807, 2.05) is 74.5 Å². The number of nitrogens with one attached hydrogen (secondary N) is 3. The van der Waals surface area contributed by atoms with Gasteiger partial charge in [0, 0.05) is 24.0 Å². The lowest BCUT2D eigenvalue weighted by molar-refractivity contribution is 0.0950. The molecule has 0 spiro atoms. The van der Waals surface area contributed by atoms with E-state index in [0.717, 1.165) is 22.3 Å². The molecule has 32 heavy (non-hydrogen) atoms. The third-order valence-corrected chi connectivity index (χ3v) is 5.25. The molecule has 0 unspecified atom stereocenters. The number of amides is 2. The summed E-state index contributed by atoms with van der Waals surface area (Å²) in [5, 5.41) is 12.3. The molecule has 6 heteroatoms. The minimum Gasteiger partial charge on any atom is -0.348 e. The van der Waals surface area contributed by atoms with E-state index in [-0.39, 0.29) is 11.8 Å². The van der Waals surface area contributed by atoms with Crippen molar-refractivity contribution in [3.63, 3.8) is 0 Å². The lowest BCUT2D eigenvalue weighted by atomic mass is 9.98. The van der Waals surface area contributed by atoms with Gasteiger partial charge >= 0.3 is 0 Å². The zero-order valence-corrected chi connectivity index (χ0v) is 18.0. The van der Waals surface area contributed by atoms with Gasteiger partial charge in [-0.1, -0.05) is 48.0 Å². The van der Waals surface area contributed by atoms with Crippen LogP contribution in [-0.4, -0.2) is 22.0 Å². The minimum atomic E-state index is -0.228. The summed E-state index contributed by atoms with van der Waals surface area (Å²) in [6.45, 7) is 4.53. The van der Waals surface area contributed by atoms with Crippen LogP contribution in [0.25, 0.3) is 11.1 Å². The third-order valence-electron chi connectivity index (χ3n) is 5.25. The molecule has 0 radical (unpaired) electrons. The monoisotopic (exact) mass is 424 g/mol. The molecule has 1 aromatic heterocycles. The van der Waals surface area contributed by atoms with E-state index in [9.17, 15) is 9.59 Å². The molecule has 4 rings (SSSR count). The summed E-state index contributed by atoms with van der Waals surface area (Å²) in [5.41, 5.74) is 7.02. The van der Waals surface area contributed by atoms with Crippen LogP contribution >= 0.6 is 0 Å².